The molecule has 1 atom stereocenters. The average molecular weight is 357 g/mol. The van der Waals surface area contributed by atoms with E-state index in [4.69, 9.17) is 5.73 Å². The number of nitrogens with one attached hydrogen (secondary N) is 1. The number of carbonyl (C=O) groups is 1. The third-order valence-electron chi connectivity index (χ3n) is 3.67. The first kappa shape index (κ1) is 19.8. The number of benzene rings is 1. The highest BCUT2D eigenvalue weighted by Crippen LogP contribution is 2.16. The molecule has 0 aliphatic carbocycles. The van der Waals surface area contributed by atoms with E-state index in [-0.39, 0.29) is 18.3 Å². The van der Waals surface area contributed by atoms with Gasteiger partial charge < -0.3 is 15.6 Å². The Morgan fingerprint density at radius 2 is 2.17 bits per heavy atom. The van der Waals surface area contributed by atoms with E-state index in [1.54, 1.807) is 11.8 Å². The van der Waals surface area contributed by atoms with Gasteiger partial charge in [-0.3, -0.25) is 4.79 Å². The molecule has 2 rings (SSSR count). The largest absolute Gasteiger partial charge is 0.354 e. The molecule has 5 nitrogen and oxygen atoms in total. The van der Waals surface area contributed by atoms with E-state index in [0.29, 0.717) is 19.4 Å². The zero-order valence-corrected chi connectivity index (χ0v) is 15.3. The molecule has 1 amide bonds. The van der Waals surface area contributed by atoms with Gasteiger partial charge in [-0.2, -0.15) is 11.8 Å². The molecule has 128 valence electrons. The Morgan fingerprint density at radius 1 is 1.43 bits per heavy atom. The maximum absolute atomic E-state index is 11.9. The summed E-state index contributed by atoms with van der Waals surface area (Å²) in [6, 6.07) is 7.68. The van der Waals surface area contributed by atoms with Gasteiger partial charge in [-0.25, -0.2) is 4.98 Å². The maximum atomic E-state index is 11.9. The van der Waals surface area contributed by atoms with Crippen molar-refractivity contribution in [2.75, 3.05) is 18.6 Å². The van der Waals surface area contributed by atoms with E-state index in [1.807, 2.05) is 24.5 Å². The van der Waals surface area contributed by atoms with E-state index in [0.717, 1.165) is 29.2 Å². The number of aromatic nitrogens is 2. The Hall–Kier alpha value is -1.24. The van der Waals surface area contributed by atoms with E-state index in [2.05, 4.69) is 27.9 Å². The summed E-state index contributed by atoms with van der Waals surface area (Å²) in [7, 11) is 0. The van der Waals surface area contributed by atoms with Gasteiger partial charge in [0.1, 0.15) is 5.82 Å². The minimum absolute atomic E-state index is 0. The van der Waals surface area contributed by atoms with Crippen molar-refractivity contribution in [2.45, 2.75) is 32.4 Å². The predicted molar refractivity (Wildman–Crippen MR) is 100 cm³/mol. The molecule has 0 saturated carbocycles. The van der Waals surface area contributed by atoms with Gasteiger partial charge in [0.25, 0.3) is 0 Å². The number of aryl methyl sites for hydroxylation is 1. The fourth-order valence-corrected chi connectivity index (χ4v) is 2.96. The van der Waals surface area contributed by atoms with E-state index >= 15 is 0 Å². The molecule has 0 unspecified atom stereocenters. The van der Waals surface area contributed by atoms with Crippen molar-refractivity contribution in [3.63, 3.8) is 0 Å². The number of amides is 1. The van der Waals surface area contributed by atoms with Gasteiger partial charge in [0, 0.05) is 19.5 Å². The van der Waals surface area contributed by atoms with Gasteiger partial charge in [-0.05, 0) is 37.5 Å². The van der Waals surface area contributed by atoms with Gasteiger partial charge in [0.15, 0.2) is 0 Å². The van der Waals surface area contributed by atoms with Crippen molar-refractivity contribution in [1.29, 1.82) is 0 Å². The molecule has 0 saturated heterocycles. The third-order valence-corrected chi connectivity index (χ3v) is 4.31. The average Bonchev–Trinajstić information content (AvgIpc) is 2.89. The van der Waals surface area contributed by atoms with Crippen LogP contribution in [-0.2, 0) is 17.8 Å². The number of para-hydroxylation sites is 2. The molecule has 0 spiro atoms. The van der Waals surface area contributed by atoms with Crippen molar-refractivity contribution in [3.05, 3.63) is 30.1 Å². The highest BCUT2D eigenvalue weighted by atomic mass is 35.5. The number of carbonyl (C=O) groups excluding carboxylic acids is 1. The lowest BCUT2D eigenvalue weighted by atomic mass is 10.2. The lowest BCUT2D eigenvalue weighted by Gasteiger charge is -2.12. The summed E-state index contributed by atoms with van der Waals surface area (Å²) >= 11 is 1.70. The van der Waals surface area contributed by atoms with Gasteiger partial charge >= 0.3 is 0 Å². The number of halogens is 1. The van der Waals surface area contributed by atoms with Crippen molar-refractivity contribution >= 4 is 41.1 Å². The van der Waals surface area contributed by atoms with E-state index < -0.39 is 6.04 Å². The molecule has 0 bridgehead atoms. The molecule has 1 aromatic carbocycles. The van der Waals surface area contributed by atoms with Crippen LogP contribution in [0.3, 0.4) is 0 Å². The number of nitrogens with zero attached hydrogens (tertiary/aromatic N) is 2. The molecule has 1 heterocycles. The molecule has 0 fully saturated rings. The number of rotatable bonds is 8. The Balaban J connectivity index is 0.00000264. The molecule has 1 aromatic heterocycles. The van der Waals surface area contributed by atoms with Crippen molar-refractivity contribution < 1.29 is 4.79 Å². The lowest BCUT2D eigenvalue weighted by molar-refractivity contribution is -0.122. The normalized spacial score (nSPS) is 12.0. The summed E-state index contributed by atoms with van der Waals surface area (Å²) in [5, 5.41) is 2.91. The van der Waals surface area contributed by atoms with Crippen LogP contribution in [-0.4, -0.2) is 40.1 Å². The van der Waals surface area contributed by atoms with Crippen molar-refractivity contribution in [2.24, 2.45) is 5.73 Å². The second kappa shape index (κ2) is 9.80. The summed E-state index contributed by atoms with van der Waals surface area (Å²) in [5.41, 5.74) is 8.00. The van der Waals surface area contributed by atoms with Crippen LogP contribution < -0.4 is 11.1 Å². The van der Waals surface area contributed by atoms with Crippen LogP contribution >= 0.6 is 24.2 Å². The van der Waals surface area contributed by atoms with Crippen LogP contribution in [0.25, 0.3) is 11.0 Å². The summed E-state index contributed by atoms with van der Waals surface area (Å²) in [6.45, 7) is 3.54. The Morgan fingerprint density at radius 3 is 2.87 bits per heavy atom. The van der Waals surface area contributed by atoms with Crippen molar-refractivity contribution in [3.8, 4) is 0 Å². The minimum atomic E-state index is -0.419. The van der Waals surface area contributed by atoms with Crippen LogP contribution in [0.2, 0.25) is 0 Å². The number of hydrogen-bond acceptors (Lipinski definition) is 4. The smallest absolute Gasteiger partial charge is 0.236 e. The van der Waals surface area contributed by atoms with Gasteiger partial charge in [-0.1, -0.05) is 12.1 Å². The first-order valence-electron chi connectivity index (χ1n) is 7.63. The molecule has 23 heavy (non-hydrogen) atoms. The number of nitrogens with two attached hydrogens (primary N) is 1. The fraction of sp³-hybridized carbons (Fsp3) is 0.500. The first-order chi connectivity index (χ1) is 10.7. The van der Waals surface area contributed by atoms with Crippen LogP contribution in [0.15, 0.2) is 24.3 Å². The SMILES string of the molecule is CCn1c(CCNC(=O)[C@@H](N)CCSC)nc2ccccc21.Cl. The summed E-state index contributed by atoms with van der Waals surface area (Å²) in [5.74, 6) is 1.83. The number of fused-ring (bicyclic) bond motifs is 1. The molecule has 0 aliphatic rings. The van der Waals surface area contributed by atoms with E-state index in [1.165, 1.54) is 0 Å². The number of thioether (sulfide) groups is 1. The van der Waals surface area contributed by atoms with Crippen LogP contribution in [0.4, 0.5) is 0 Å². The summed E-state index contributed by atoms with van der Waals surface area (Å²) < 4.78 is 2.19. The number of hydrogen-bond donors (Lipinski definition) is 2. The molecule has 0 aliphatic heterocycles. The highest BCUT2D eigenvalue weighted by molar-refractivity contribution is 7.98. The second-order valence-electron chi connectivity index (χ2n) is 5.19. The highest BCUT2D eigenvalue weighted by Gasteiger charge is 2.13. The fourth-order valence-electron chi connectivity index (χ4n) is 2.47. The van der Waals surface area contributed by atoms with Crippen LogP contribution in [0.1, 0.15) is 19.2 Å². The van der Waals surface area contributed by atoms with Crippen LogP contribution in [0, 0.1) is 0 Å². The van der Waals surface area contributed by atoms with Gasteiger partial charge in [0.05, 0.1) is 17.1 Å². The standard InChI is InChI=1S/C16H24N4OS.ClH/c1-3-20-14-7-5-4-6-13(14)19-15(20)8-10-18-16(21)12(17)9-11-22-2;/h4-7,12H,3,8-11,17H2,1-2H3,(H,18,21);1H/t12-;/m0./s1. The summed E-state index contributed by atoms with van der Waals surface area (Å²) in [6.07, 6.45) is 3.43. The quantitative estimate of drug-likeness (QED) is 0.760. The second-order valence-corrected chi connectivity index (χ2v) is 6.18. The lowest BCUT2D eigenvalue weighted by Crippen LogP contribution is -2.41. The zero-order valence-electron chi connectivity index (χ0n) is 13.6. The molecule has 7 heteroatoms. The van der Waals surface area contributed by atoms with Crippen molar-refractivity contribution in [1.82, 2.24) is 14.9 Å². The Kier molecular flexibility index (Phi) is 8.44. The minimum Gasteiger partial charge on any atom is -0.354 e. The summed E-state index contributed by atoms with van der Waals surface area (Å²) in [4.78, 5) is 16.5. The third kappa shape index (κ3) is 5.12. The van der Waals surface area contributed by atoms with E-state index in [9.17, 15) is 4.79 Å². The Labute approximate surface area is 147 Å². The molecular formula is C16H25ClN4OS. The topological polar surface area (TPSA) is 72.9 Å². The molecule has 0 radical (unpaired) electrons. The molecule has 2 aromatic rings. The number of imidazole rings is 1. The van der Waals surface area contributed by atoms with Gasteiger partial charge in [-0.15, -0.1) is 12.4 Å². The molecule has 3 N–H and O–H groups in total. The van der Waals surface area contributed by atoms with Crippen LogP contribution in [0.5, 0.6) is 0 Å². The molecular weight excluding hydrogens is 332 g/mol. The first-order valence-corrected chi connectivity index (χ1v) is 9.03. The zero-order chi connectivity index (χ0) is 15.9. The van der Waals surface area contributed by atoms with Gasteiger partial charge in [0.2, 0.25) is 5.91 Å². The monoisotopic (exact) mass is 356 g/mol. The maximum Gasteiger partial charge on any atom is 0.236 e. The predicted octanol–water partition coefficient (Wildman–Crippen LogP) is 2.22. The Bertz CT molecular complexity index is 632.